The summed E-state index contributed by atoms with van der Waals surface area (Å²) in [6, 6.07) is 21.9. The number of nitrogens with two attached hydrogens (primary N) is 4. The van der Waals surface area contributed by atoms with Gasteiger partial charge in [-0.05, 0) is 43.3 Å². The van der Waals surface area contributed by atoms with Crippen LogP contribution in [0.25, 0.3) is 32.9 Å². The van der Waals surface area contributed by atoms with E-state index in [4.69, 9.17) is 16.3 Å². The van der Waals surface area contributed by atoms with Crippen LogP contribution in [-0.4, -0.2) is 6.03 Å². The lowest BCUT2D eigenvalue weighted by atomic mass is 9.98. The molecule has 28 heavy (non-hydrogen) atoms. The zero-order valence-electron chi connectivity index (χ0n) is 15.7. The van der Waals surface area contributed by atoms with E-state index in [2.05, 4.69) is 71.5 Å². The molecule has 142 valence electrons. The molecule has 0 aliphatic carbocycles. The number of pyridine rings is 1. The third-order valence-electron chi connectivity index (χ3n) is 4.53. The summed E-state index contributed by atoms with van der Waals surface area (Å²) < 4.78 is 2.32. The number of rotatable bonds is 2. The van der Waals surface area contributed by atoms with E-state index in [0.717, 1.165) is 23.4 Å². The summed E-state index contributed by atoms with van der Waals surface area (Å²) in [5.41, 5.74) is 25.7. The Balaban J connectivity index is 0.000000516. The Kier molecular flexibility index (Phi) is 5.31. The maximum atomic E-state index is 9.00. The number of anilines is 2. The number of nitrogens with zero attached hydrogens (tertiary/aromatic N) is 1. The van der Waals surface area contributed by atoms with E-state index in [9.17, 15) is 0 Å². The van der Waals surface area contributed by atoms with Crippen LogP contribution in [0.1, 0.15) is 6.92 Å². The van der Waals surface area contributed by atoms with Crippen LogP contribution < -0.4 is 27.5 Å². The minimum absolute atomic E-state index is 0.775. The van der Waals surface area contributed by atoms with Crippen molar-refractivity contribution in [3.05, 3.63) is 66.7 Å². The number of benzene rings is 3. The van der Waals surface area contributed by atoms with E-state index in [-0.39, 0.29) is 0 Å². The molecule has 0 bridgehead atoms. The van der Waals surface area contributed by atoms with Gasteiger partial charge in [0.15, 0.2) is 0 Å². The maximum absolute atomic E-state index is 9.00. The van der Waals surface area contributed by atoms with Gasteiger partial charge in [0.25, 0.3) is 0 Å². The third-order valence-corrected chi connectivity index (χ3v) is 4.53. The highest BCUT2D eigenvalue weighted by molar-refractivity contribution is 6.10. The summed E-state index contributed by atoms with van der Waals surface area (Å²) in [5.74, 6) is 0. The van der Waals surface area contributed by atoms with E-state index >= 15 is 0 Å². The third kappa shape index (κ3) is 3.66. The molecule has 2 amide bonds. The molecule has 0 radical (unpaired) electrons. The van der Waals surface area contributed by atoms with Gasteiger partial charge in [0, 0.05) is 28.4 Å². The van der Waals surface area contributed by atoms with E-state index in [1.54, 1.807) is 0 Å². The summed E-state index contributed by atoms with van der Waals surface area (Å²) in [6.07, 6.45) is 0. The van der Waals surface area contributed by atoms with Gasteiger partial charge in [-0.2, -0.15) is 4.57 Å². The quantitative estimate of drug-likeness (QED) is 0.245. The van der Waals surface area contributed by atoms with Gasteiger partial charge in [0.1, 0.15) is 6.54 Å². The fraction of sp³-hybridized carbons (Fsp3) is 0.0909. The zero-order valence-corrected chi connectivity index (χ0v) is 15.7. The lowest BCUT2D eigenvalue weighted by Gasteiger charge is -2.12. The number of fused-ring (bicyclic) bond motifs is 3. The molecule has 4 rings (SSSR count). The van der Waals surface area contributed by atoms with Crippen molar-refractivity contribution >= 4 is 39.1 Å². The number of aryl methyl sites for hydroxylation is 1. The molecule has 0 atom stereocenters. The monoisotopic (exact) mass is 374 g/mol. The van der Waals surface area contributed by atoms with Gasteiger partial charge in [-0.25, -0.2) is 4.79 Å². The fourth-order valence-electron chi connectivity index (χ4n) is 3.49. The van der Waals surface area contributed by atoms with Crippen molar-refractivity contribution in [1.82, 2.24) is 0 Å². The molecule has 0 fully saturated rings. The van der Waals surface area contributed by atoms with Crippen molar-refractivity contribution in [3.63, 3.8) is 0 Å². The largest absolute Gasteiger partial charge is 0.399 e. The first-order valence-corrected chi connectivity index (χ1v) is 8.97. The van der Waals surface area contributed by atoms with Gasteiger partial charge in [-0.3, -0.25) is 0 Å². The van der Waals surface area contributed by atoms with E-state index in [1.165, 1.54) is 27.4 Å². The lowest BCUT2D eigenvalue weighted by Crippen LogP contribution is -2.36. The van der Waals surface area contributed by atoms with Crippen LogP contribution in [0.5, 0.6) is 0 Å². The highest BCUT2D eigenvalue weighted by Crippen LogP contribution is 2.33. The highest BCUT2D eigenvalue weighted by atomic mass is 16.2. The van der Waals surface area contributed by atoms with Gasteiger partial charge in [-0.1, -0.05) is 24.3 Å². The predicted molar refractivity (Wildman–Crippen MR) is 115 cm³/mol. The molecule has 0 saturated heterocycles. The standard InChI is InChI=1S/C21H19N3.CH4N2O/c1-2-24-20-13-16(23)9-11-18(20)17-10-8-15(22)12-19(17)21(24)14-6-4-3-5-7-14;2-1(3)4/h3-13,23H,2,22H2,1H3;(H4,2,3,4)/p+1. The highest BCUT2D eigenvalue weighted by Gasteiger charge is 2.22. The molecule has 4 aromatic rings. The number of carbonyl (C=O) groups is 1. The minimum atomic E-state index is -0.833. The Morgan fingerprint density at radius 1 is 0.821 bits per heavy atom. The predicted octanol–water partition coefficient (Wildman–Crippen LogP) is 3.16. The molecule has 1 heterocycles. The second-order valence-corrected chi connectivity index (χ2v) is 6.44. The van der Waals surface area contributed by atoms with Crippen LogP contribution >= 0.6 is 0 Å². The number of urea groups is 1. The molecule has 0 aliphatic heterocycles. The second-order valence-electron chi connectivity index (χ2n) is 6.44. The van der Waals surface area contributed by atoms with Crippen LogP contribution in [0, 0.1) is 0 Å². The summed E-state index contributed by atoms with van der Waals surface area (Å²) in [4.78, 5) is 9.00. The van der Waals surface area contributed by atoms with Crippen LogP contribution in [0.15, 0.2) is 66.7 Å². The topological polar surface area (TPSA) is 125 Å². The normalized spacial score (nSPS) is 10.5. The number of carbonyl (C=O) groups excluding carboxylic acids is 1. The number of hydrogen-bond acceptors (Lipinski definition) is 3. The smallest absolute Gasteiger partial charge is 0.309 e. The Hall–Kier alpha value is -3.80. The lowest BCUT2D eigenvalue weighted by molar-refractivity contribution is -0.655. The van der Waals surface area contributed by atoms with Gasteiger partial charge in [0.2, 0.25) is 11.2 Å². The van der Waals surface area contributed by atoms with Gasteiger partial charge in [0.05, 0.1) is 10.8 Å². The summed E-state index contributed by atoms with van der Waals surface area (Å²) in [5, 5.41) is 3.56. The maximum Gasteiger partial charge on any atom is 0.309 e. The minimum Gasteiger partial charge on any atom is -0.399 e. The van der Waals surface area contributed by atoms with Gasteiger partial charge < -0.3 is 22.9 Å². The Morgan fingerprint density at radius 3 is 2.00 bits per heavy atom. The van der Waals surface area contributed by atoms with Crippen molar-refractivity contribution in [3.8, 4) is 11.3 Å². The SMILES string of the molecule is CC[n+]1c(-c2ccccc2)c2cc(N)ccc2c2ccc(N)cc21.NC(N)=O. The Labute approximate surface area is 163 Å². The van der Waals surface area contributed by atoms with Crippen molar-refractivity contribution in [2.45, 2.75) is 13.5 Å². The van der Waals surface area contributed by atoms with Gasteiger partial charge in [-0.15, -0.1) is 0 Å². The fourth-order valence-corrected chi connectivity index (χ4v) is 3.49. The molecular formula is C22H24N5O+. The number of nitrogen functional groups attached to an aromatic ring is 2. The van der Waals surface area contributed by atoms with Crippen LogP contribution in [0.4, 0.5) is 16.2 Å². The van der Waals surface area contributed by atoms with E-state index in [1.807, 2.05) is 18.2 Å². The van der Waals surface area contributed by atoms with Crippen molar-refractivity contribution < 1.29 is 9.36 Å². The molecule has 0 aliphatic rings. The van der Waals surface area contributed by atoms with Crippen LogP contribution in [0.2, 0.25) is 0 Å². The molecule has 1 aromatic heterocycles. The first-order valence-electron chi connectivity index (χ1n) is 8.97. The molecule has 0 saturated carbocycles. The second kappa shape index (κ2) is 7.84. The Morgan fingerprint density at radius 2 is 1.39 bits per heavy atom. The average Bonchev–Trinajstić information content (AvgIpc) is 2.66. The molecule has 8 N–H and O–H groups in total. The first-order chi connectivity index (χ1) is 13.4. The van der Waals surface area contributed by atoms with Gasteiger partial charge >= 0.3 is 6.03 Å². The zero-order chi connectivity index (χ0) is 20.3. The average molecular weight is 374 g/mol. The number of aromatic nitrogens is 1. The first kappa shape index (κ1) is 19.0. The Bertz CT molecular complexity index is 1150. The summed E-state index contributed by atoms with van der Waals surface area (Å²) in [6.45, 7) is 3.02. The van der Waals surface area contributed by atoms with Crippen LogP contribution in [-0.2, 0) is 6.54 Å². The van der Waals surface area contributed by atoms with Crippen molar-refractivity contribution in [1.29, 1.82) is 0 Å². The molecule has 6 nitrogen and oxygen atoms in total. The van der Waals surface area contributed by atoms with E-state index < -0.39 is 6.03 Å². The van der Waals surface area contributed by atoms with Crippen molar-refractivity contribution in [2.75, 3.05) is 11.5 Å². The summed E-state index contributed by atoms with van der Waals surface area (Å²) in [7, 11) is 0. The van der Waals surface area contributed by atoms with Crippen LogP contribution in [0.3, 0.4) is 0 Å². The summed E-state index contributed by atoms with van der Waals surface area (Å²) >= 11 is 0. The molecule has 0 spiro atoms. The number of amides is 2. The molecule has 0 unspecified atom stereocenters. The molecule has 6 heteroatoms. The number of hydrogen-bond donors (Lipinski definition) is 4. The number of primary amides is 2. The molecular weight excluding hydrogens is 350 g/mol. The van der Waals surface area contributed by atoms with E-state index in [0.29, 0.717) is 0 Å². The van der Waals surface area contributed by atoms with Crippen molar-refractivity contribution in [2.24, 2.45) is 11.5 Å². The molecule has 3 aromatic carbocycles.